The Morgan fingerprint density at radius 2 is 1.72 bits per heavy atom. The fraction of sp³-hybridized carbons (Fsp3) is 0.583. The largest absolute Gasteiger partial charge is 0.493 e. The van der Waals surface area contributed by atoms with Crippen LogP contribution in [0.1, 0.15) is 91.8 Å². The van der Waals surface area contributed by atoms with E-state index < -0.39 is 23.8 Å². The maximum Gasteiger partial charge on any atom is 0.266 e. The third-order valence-corrected chi connectivity index (χ3v) is 5.64. The summed E-state index contributed by atoms with van der Waals surface area (Å²) in [7, 11) is 0. The maximum atomic E-state index is 13.1. The van der Waals surface area contributed by atoms with Gasteiger partial charge in [0.05, 0.1) is 17.7 Å². The first-order valence-corrected chi connectivity index (χ1v) is 11.6. The van der Waals surface area contributed by atoms with Gasteiger partial charge in [0.15, 0.2) is 0 Å². The van der Waals surface area contributed by atoms with E-state index in [1.807, 2.05) is 6.92 Å². The van der Waals surface area contributed by atoms with Crippen molar-refractivity contribution in [1.82, 2.24) is 10.2 Å². The predicted octanol–water partition coefficient (Wildman–Crippen LogP) is 3.18. The zero-order valence-corrected chi connectivity index (χ0v) is 18.9. The Balaban J connectivity index is 1.93. The zero-order valence-electron chi connectivity index (χ0n) is 18.9. The SMILES string of the molecule is CCCC(C(=O)NC=O)N1C(=O)c2cccc(OCCCCCCCCCCN)c2C1=O. The molecule has 3 N–H and O–H groups in total. The number of rotatable bonds is 16. The molecule has 0 aromatic heterocycles. The van der Waals surface area contributed by atoms with E-state index in [0.717, 1.165) is 37.1 Å². The number of nitrogens with two attached hydrogens (primary N) is 1. The second-order valence-corrected chi connectivity index (χ2v) is 8.06. The van der Waals surface area contributed by atoms with Crippen molar-refractivity contribution in [2.45, 2.75) is 77.2 Å². The molecule has 0 radical (unpaired) electrons. The second kappa shape index (κ2) is 13.6. The van der Waals surface area contributed by atoms with Gasteiger partial charge in [-0.3, -0.25) is 29.4 Å². The van der Waals surface area contributed by atoms with Crippen molar-refractivity contribution in [2.75, 3.05) is 13.2 Å². The highest BCUT2D eigenvalue weighted by molar-refractivity contribution is 6.24. The third-order valence-electron chi connectivity index (χ3n) is 5.64. The molecule has 8 heteroatoms. The van der Waals surface area contributed by atoms with Crippen molar-refractivity contribution in [3.05, 3.63) is 29.3 Å². The minimum atomic E-state index is -1.03. The number of unbranched alkanes of at least 4 members (excludes halogenated alkanes) is 7. The predicted molar refractivity (Wildman–Crippen MR) is 121 cm³/mol. The molecule has 176 valence electrons. The second-order valence-electron chi connectivity index (χ2n) is 8.06. The van der Waals surface area contributed by atoms with Crippen molar-refractivity contribution in [3.8, 4) is 5.75 Å². The van der Waals surface area contributed by atoms with Crippen LogP contribution >= 0.6 is 0 Å². The van der Waals surface area contributed by atoms with Crippen molar-refractivity contribution >= 4 is 24.1 Å². The lowest BCUT2D eigenvalue weighted by Gasteiger charge is -2.24. The van der Waals surface area contributed by atoms with Crippen LogP contribution in [0.4, 0.5) is 0 Å². The highest BCUT2D eigenvalue weighted by atomic mass is 16.5. The lowest BCUT2D eigenvalue weighted by Crippen LogP contribution is -2.49. The molecular weight excluding hydrogens is 410 g/mol. The highest BCUT2D eigenvalue weighted by Crippen LogP contribution is 2.33. The number of nitrogens with one attached hydrogen (secondary N) is 1. The van der Waals surface area contributed by atoms with E-state index in [9.17, 15) is 19.2 Å². The van der Waals surface area contributed by atoms with Crippen LogP contribution in [-0.4, -0.2) is 48.2 Å². The van der Waals surface area contributed by atoms with E-state index in [2.05, 4.69) is 5.32 Å². The Kier molecular flexibility index (Phi) is 10.9. The van der Waals surface area contributed by atoms with Gasteiger partial charge < -0.3 is 10.5 Å². The normalized spacial score (nSPS) is 13.8. The first kappa shape index (κ1) is 25.5. The Labute approximate surface area is 189 Å². The van der Waals surface area contributed by atoms with Gasteiger partial charge in [-0.15, -0.1) is 0 Å². The summed E-state index contributed by atoms with van der Waals surface area (Å²) in [4.78, 5) is 49.9. The van der Waals surface area contributed by atoms with Gasteiger partial charge in [-0.1, -0.05) is 57.9 Å². The fourth-order valence-corrected chi connectivity index (χ4v) is 3.97. The molecular formula is C24H35N3O5. The number of nitrogens with zero attached hydrogens (tertiary/aromatic N) is 1. The molecule has 0 spiro atoms. The van der Waals surface area contributed by atoms with E-state index in [-0.39, 0.29) is 24.0 Å². The van der Waals surface area contributed by atoms with Gasteiger partial charge in [-0.25, -0.2) is 0 Å². The molecule has 1 unspecified atom stereocenters. The third kappa shape index (κ3) is 6.63. The Morgan fingerprint density at radius 3 is 2.34 bits per heavy atom. The number of ether oxygens (including phenoxy) is 1. The molecule has 32 heavy (non-hydrogen) atoms. The average Bonchev–Trinajstić information content (AvgIpc) is 3.04. The number of amides is 4. The first-order chi connectivity index (χ1) is 15.6. The molecule has 0 fully saturated rings. The monoisotopic (exact) mass is 445 g/mol. The molecule has 1 aromatic rings. The quantitative estimate of drug-likeness (QED) is 0.229. The standard InChI is InChI=1S/C24H35N3O5/c1-2-12-19(22(29)26-17-28)27-23(30)18-13-11-14-20(21(18)24(27)31)32-16-10-8-6-4-3-5-7-9-15-25/h11,13-14,17,19H,2-10,12,15-16,25H2,1H3,(H,26,28,29). The highest BCUT2D eigenvalue weighted by Gasteiger charge is 2.44. The Morgan fingerprint density at radius 1 is 1.06 bits per heavy atom. The molecule has 2 rings (SSSR count). The van der Waals surface area contributed by atoms with E-state index in [0.29, 0.717) is 18.8 Å². The molecule has 1 aliphatic rings. The average molecular weight is 446 g/mol. The topological polar surface area (TPSA) is 119 Å². The zero-order chi connectivity index (χ0) is 23.3. The molecule has 8 nitrogen and oxygen atoms in total. The van der Waals surface area contributed by atoms with Crippen molar-refractivity contribution < 1.29 is 23.9 Å². The Hall–Kier alpha value is -2.74. The number of imide groups is 2. The summed E-state index contributed by atoms with van der Waals surface area (Å²) in [5.41, 5.74) is 5.92. The van der Waals surface area contributed by atoms with E-state index >= 15 is 0 Å². The van der Waals surface area contributed by atoms with E-state index in [1.54, 1.807) is 18.2 Å². The lowest BCUT2D eigenvalue weighted by atomic mass is 10.1. The molecule has 0 saturated heterocycles. The number of fused-ring (bicyclic) bond motifs is 1. The van der Waals surface area contributed by atoms with Crippen LogP contribution in [0.25, 0.3) is 0 Å². The number of benzene rings is 1. The molecule has 1 aromatic carbocycles. The van der Waals surface area contributed by atoms with Crippen LogP contribution in [0.15, 0.2) is 18.2 Å². The molecule has 0 saturated carbocycles. The molecule has 0 aliphatic carbocycles. The minimum absolute atomic E-state index is 0.192. The van der Waals surface area contributed by atoms with Crippen LogP contribution in [0.2, 0.25) is 0 Å². The van der Waals surface area contributed by atoms with Crippen LogP contribution in [0.3, 0.4) is 0 Å². The summed E-state index contributed by atoms with van der Waals surface area (Å²) in [5, 5.41) is 2.06. The summed E-state index contributed by atoms with van der Waals surface area (Å²) in [6.07, 6.45) is 10.0. The van der Waals surface area contributed by atoms with E-state index in [4.69, 9.17) is 10.5 Å². The Bertz CT molecular complexity index is 796. The summed E-state index contributed by atoms with van der Waals surface area (Å²) < 4.78 is 5.85. The minimum Gasteiger partial charge on any atom is -0.493 e. The number of carbonyl (C=O) groups excluding carboxylic acids is 4. The molecule has 1 atom stereocenters. The van der Waals surface area contributed by atoms with Crippen molar-refractivity contribution in [1.29, 1.82) is 0 Å². The maximum absolute atomic E-state index is 13.1. The van der Waals surface area contributed by atoms with E-state index in [1.165, 1.54) is 25.7 Å². The van der Waals surface area contributed by atoms with Crippen LogP contribution in [0.5, 0.6) is 5.75 Å². The van der Waals surface area contributed by atoms with Gasteiger partial charge in [-0.2, -0.15) is 0 Å². The molecule has 0 bridgehead atoms. The van der Waals surface area contributed by atoms with Gasteiger partial charge in [0.2, 0.25) is 12.3 Å². The first-order valence-electron chi connectivity index (χ1n) is 11.6. The summed E-state index contributed by atoms with van der Waals surface area (Å²) >= 11 is 0. The van der Waals surface area contributed by atoms with Gasteiger partial charge in [-0.05, 0) is 37.9 Å². The fourth-order valence-electron chi connectivity index (χ4n) is 3.97. The summed E-state index contributed by atoms with van der Waals surface area (Å²) in [6.45, 7) is 3.06. The number of carbonyl (C=O) groups is 4. The molecule has 1 heterocycles. The van der Waals surface area contributed by atoms with Gasteiger partial charge in [0, 0.05) is 0 Å². The van der Waals surface area contributed by atoms with Gasteiger partial charge in [0.1, 0.15) is 11.8 Å². The number of hydrogen-bond acceptors (Lipinski definition) is 6. The lowest BCUT2D eigenvalue weighted by molar-refractivity contribution is -0.128. The summed E-state index contributed by atoms with van der Waals surface area (Å²) in [5.74, 6) is -1.40. The van der Waals surface area contributed by atoms with Crippen molar-refractivity contribution in [2.24, 2.45) is 5.73 Å². The molecule has 1 aliphatic heterocycles. The smallest absolute Gasteiger partial charge is 0.266 e. The summed E-state index contributed by atoms with van der Waals surface area (Å²) in [6, 6.07) is 3.87. The van der Waals surface area contributed by atoms with Gasteiger partial charge in [0.25, 0.3) is 11.8 Å². The molecule has 4 amide bonds. The number of hydrogen-bond donors (Lipinski definition) is 2. The van der Waals surface area contributed by atoms with Crippen LogP contribution < -0.4 is 15.8 Å². The van der Waals surface area contributed by atoms with Crippen LogP contribution in [0, 0.1) is 0 Å². The van der Waals surface area contributed by atoms with Crippen molar-refractivity contribution in [3.63, 3.8) is 0 Å². The van der Waals surface area contributed by atoms with Gasteiger partial charge >= 0.3 is 0 Å². The van der Waals surface area contributed by atoms with Crippen LogP contribution in [-0.2, 0) is 9.59 Å².